The second-order valence-corrected chi connectivity index (χ2v) is 5.38. The van der Waals surface area contributed by atoms with Gasteiger partial charge in [0.1, 0.15) is 5.75 Å². The molecule has 0 fully saturated rings. The van der Waals surface area contributed by atoms with E-state index < -0.39 is 11.6 Å². The van der Waals surface area contributed by atoms with Crippen LogP contribution in [0, 0.1) is 0 Å². The lowest BCUT2D eigenvalue weighted by Crippen LogP contribution is -2.42. The van der Waals surface area contributed by atoms with Gasteiger partial charge < -0.3 is 14.6 Å². The van der Waals surface area contributed by atoms with Crippen molar-refractivity contribution >= 4 is 5.97 Å². The second-order valence-electron chi connectivity index (χ2n) is 5.38. The van der Waals surface area contributed by atoms with Crippen molar-refractivity contribution in [3.63, 3.8) is 0 Å². The molecule has 1 rings (SSSR count). The molecular weight excluding hydrogens is 268 g/mol. The highest BCUT2D eigenvalue weighted by Crippen LogP contribution is 2.23. The minimum atomic E-state index is -1.20. The molecule has 0 radical (unpaired) electrons. The van der Waals surface area contributed by atoms with Gasteiger partial charge in [0.15, 0.2) is 5.60 Å². The van der Waals surface area contributed by atoms with Gasteiger partial charge in [-0.05, 0) is 31.9 Å². The molecule has 0 spiro atoms. The lowest BCUT2D eigenvalue weighted by atomic mass is 10.0. The third kappa shape index (κ3) is 5.76. The summed E-state index contributed by atoms with van der Waals surface area (Å²) in [6.45, 7) is 6.03. The zero-order valence-electron chi connectivity index (χ0n) is 13.2. The van der Waals surface area contributed by atoms with E-state index in [1.165, 1.54) is 0 Å². The Morgan fingerprint density at radius 1 is 1.29 bits per heavy atom. The Hall–Kier alpha value is -1.55. The van der Waals surface area contributed by atoms with Crippen molar-refractivity contribution in [3.05, 3.63) is 30.3 Å². The summed E-state index contributed by atoms with van der Waals surface area (Å²) in [6.07, 6.45) is 2.97. The summed E-state index contributed by atoms with van der Waals surface area (Å²) in [5.41, 5.74) is -1.20. The zero-order valence-corrected chi connectivity index (χ0v) is 13.2. The van der Waals surface area contributed by atoms with Gasteiger partial charge in [0.05, 0.1) is 12.7 Å². The molecule has 0 saturated heterocycles. The first kappa shape index (κ1) is 17.5. The van der Waals surface area contributed by atoms with Crippen molar-refractivity contribution in [2.45, 2.75) is 58.2 Å². The van der Waals surface area contributed by atoms with Crippen molar-refractivity contribution < 1.29 is 19.4 Å². The van der Waals surface area contributed by atoms with Crippen LogP contribution in [0.5, 0.6) is 5.75 Å². The number of hydrogen-bond acceptors (Lipinski definition) is 3. The Bertz CT molecular complexity index is 418. The van der Waals surface area contributed by atoms with Crippen LogP contribution in [-0.4, -0.2) is 29.4 Å². The Morgan fingerprint density at radius 2 is 1.95 bits per heavy atom. The first-order chi connectivity index (χ1) is 10.0. The van der Waals surface area contributed by atoms with Gasteiger partial charge >= 0.3 is 5.97 Å². The molecule has 0 aliphatic carbocycles. The van der Waals surface area contributed by atoms with Gasteiger partial charge in [-0.3, -0.25) is 0 Å². The maximum Gasteiger partial charge on any atom is 0.335 e. The average molecular weight is 294 g/mol. The van der Waals surface area contributed by atoms with Crippen LogP contribution in [0.15, 0.2) is 30.3 Å². The number of carbonyl (C=O) groups is 1. The van der Waals surface area contributed by atoms with E-state index in [-0.39, 0.29) is 6.10 Å². The van der Waals surface area contributed by atoms with Gasteiger partial charge in [-0.25, -0.2) is 4.79 Å². The molecule has 0 heterocycles. The van der Waals surface area contributed by atoms with E-state index in [0.717, 1.165) is 25.0 Å². The Labute approximate surface area is 127 Å². The van der Waals surface area contributed by atoms with Crippen molar-refractivity contribution in [2.24, 2.45) is 0 Å². The summed E-state index contributed by atoms with van der Waals surface area (Å²) in [4.78, 5) is 11.5. The van der Waals surface area contributed by atoms with Crippen LogP contribution in [0.4, 0.5) is 0 Å². The average Bonchev–Trinajstić information content (AvgIpc) is 2.47. The number of benzene rings is 1. The van der Waals surface area contributed by atoms with Crippen LogP contribution in [-0.2, 0) is 9.53 Å². The summed E-state index contributed by atoms with van der Waals surface area (Å²) in [5, 5.41) is 9.46. The largest absolute Gasteiger partial charge is 0.493 e. The number of aliphatic carboxylic acids is 1. The van der Waals surface area contributed by atoms with Gasteiger partial charge in [0.2, 0.25) is 0 Å². The molecule has 4 heteroatoms. The predicted octanol–water partition coefficient (Wildman–Crippen LogP) is 3.89. The van der Waals surface area contributed by atoms with E-state index in [0.29, 0.717) is 13.0 Å². The number of para-hydroxylation sites is 1. The van der Waals surface area contributed by atoms with E-state index in [1.54, 1.807) is 6.92 Å². The van der Waals surface area contributed by atoms with Crippen molar-refractivity contribution in [1.29, 1.82) is 0 Å². The van der Waals surface area contributed by atoms with Crippen LogP contribution in [0.25, 0.3) is 0 Å². The molecule has 0 bridgehead atoms. The second kappa shape index (κ2) is 8.67. The molecule has 2 unspecified atom stereocenters. The van der Waals surface area contributed by atoms with Crippen LogP contribution < -0.4 is 4.74 Å². The lowest BCUT2D eigenvalue weighted by Gasteiger charge is -2.30. The summed E-state index contributed by atoms with van der Waals surface area (Å²) >= 11 is 0. The molecule has 1 N–H and O–H groups in total. The topological polar surface area (TPSA) is 55.8 Å². The minimum Gasteiger partial charge on any atom is -0.493 e. The summed E-state index contributed by atoms with van der Waals surface area (Å²) in [6, 6.07) is 9.39. The summed E-state index contributed by atoms with van der Waals surface area (Å²) in [5.74, 6) is -0.195. The fourth-order valence-corrected chi connectivity index (χ4v) is 2.13. The first-order valence-electron chi connectivity index (χ1n) is 7.61. The smallest absolute Gasteiger partial charge is 0.335 e. The maximum atomic E-state index is 11.5. The Kier molecular flexibility index (Phi) is 7.23. The number of rotatable bonds is 10. The molecule has 0 saturated carbocycles. The minimum absolute atomic E-state index is 0.0205. The van der Waals surface area contributed by atoms with Gasteiger partial charge in [0, 0.05) is 6.42 Å². The fourth-order valence-electron chi connectivity index (χ4n) is 2.13. The van der Waals surface area contributed by atoms with E-state index in [4.69, 9.17) is 9.47 Å². The molecule has 21 heavy (non-hydrogen) atoms. The van der Waals surface area contributed by atoms with Gasteiger partial charge in [-0.1, -0.05) is 38.5 Å². The van der Waals surface area contributed by atoms with Crippen LogP contribution >= 0.6 is 0 Å². The zero-order chi connectivity index (χ0) is 15.7. The van der Waals surface area contributed by atoms with Crippen LogP contribution in [0.1, 0.15) is 46.5 Å². The van der Waals surface area contributed by atoms with E-state index in [9.17, 15) is 9.90 Å². The van der Waals surface area contributed by atoms with Crippen LogP contribution in [0.2, 0.25) is 0 Å². The van der Waals surface area contributed by atoms with Crippen molar-refractivity contribution in [1.82, 2.24) is 0 Å². The third-order valence-electron chi connectivity index (χ3n) is 3.54. The molecular formula is C17H26O4. The van der Waals surface area contributed by atoms with E-state index in [2.05, 4.69) is 6.92 Å². The molecule has 1 aromatic rings. The molecule has 0 aliphatic heterocycles. The number of ether oxygens (including phenoxy) is 2. The molecule has 0 aliphatic rings. The molecule has 4 nitrogen and oxygen atoms in total. The molecule has 0 aromatic heterocycles. The van der Waals surface area contributed by atoms with Crippen molar-refractivity contribution in [3.8, 4) is 5.75 Å². The Morgan fingerprint density at radius 3 is 2.48 bits per heavy atom. The fraction of sp³-hybridized carbons (Fsp3) is 0.588. The third-order valence-corrected chi connectivity index (χ3v) is 3.54. The van der Waals surface area contributed by atoms with Gasteiger partial charge in [0.25, 0.3) is 0 Å². The molecule has 2 atom stereocenters. The standard InChI is InChI=1S/C17H26O4/c1-4-9-14(5-2)21-17(3,16(18)19)12-13-20-15-10-7-6-8-11-15/h6-8,10-11,14H,4-5,9,12-13H2,1-3H3,(H,18,19). The monoisotopic (exact) mass is 294 g/mol. The quantitative estimate of drug-likeness (QED) is 0.711. The van der Waals surface area contributed by atoms with E-state index in [1.807, 2.05) is 37.3 Å². The molecule has 118 valence electrons. The molecule has 1 aromatic carbocycles. The van der Waals surface area contributed by atoms with Gasteiger partial charge in [-0.2, -0.15) is 0 Å². The molecule has 0 amide bonds. The number of carboxylic acids is 1. The summed E-state index contributed by atoms with van der Waals surface area (Å²) < 4.78 is 11.4. The van der Waals surface area contributed by atoms with Crippen LogP contribution in [0.3, 0.4) is 0 Å². The maximum absolute atomic E-state index is 11.5. The number of hydrogen-bond donors (Lipinski definition) is 1. The lowest BCUT2D eigenvalue weighted by molar-refractivity contribution is -0.174. The summed E-state index contributed by atoms with van der Waals surface area (Å²) in [7, 11) is 0. The predicted molar refractivity (Wildman–Crippen MR) is 82.7 cm³/mol. The van der Waals surface area contributed by atoms with Crippen molar-refractivity contribution in [2.75, 3.05) is 6.61 Å². The van der Waals surface area contributed by atoms with E-state index >= 15 is 0 Å². The number of carboxylic acid groups (broad SMARTS) is 1. The Balaban J connectivity index is 2.57. The highest BCUT2D eigenvalue weighted by molar-refractivity contribution is 5.76. The normalized spacial score (nSPS) is 15.2. The SMILES string of the molecule is CCCC(CC)OC(C)(CCOc1ccccc1)C(=O)O. The first-order valence-corrected chi connectivity index (χ1v) is 7.61. The highest BCUT2D eigenvalue weighted by Gasteiger charge is 2.36. The highest BCUT2D eigenvalue weighted by atomic mass is 16.5. The van der Waals surface area contributed by atoms with Gasteiger partial charge in [-0.15, -0.1) is 0 Å².